The van der Waals surface area contributed by atoms with Crippen LogP contribution in [0.25, 0.3) is 0 Å². The Balaban J connectivity index is 1.40. The van der Waals surface area contributed by atoms with Crippen molar-refractivity contribution in [3.63, 3.8) is 0 Å². The van der Waals surface area contributed by atoms with Crippen LogP contribution >= 0.6 is 23.1 Å². The molecule has 3 heterocycles. The van der Waals surface area contributed by atoms with Gasteiger partial charge >= 0.3 is 11.0 Å². The standard InChI is InChI=1S/C29H19F4N3O4S2/c30-16-12-10-15(11-13-16)21-22-23(26(39)36(25(22)38)17-6-2-1-3-7-17)41-27-24(21)42-28(40)35(27)14-20(37)34-19-9-5-4-8-18(19)29(31,32)33/h1-13,21-23H,14H2,(H,34,37). The van der Waals surface area contributed by atoms with Gasteiger partial charge in [-0.1, -0.05) is 65.6 Å². The van der Waals surface area contributed by atoms with Crippen molar-refractivity contribution in [2.24, 2.45) is 5.92 Å². The lowest BCUT2D eigenvalue weighted by Gasteiger charge is -2.30. The highest BCUT2D eigenvalue weighted by Gasteiger charge is 2.56. The number of alkyl halides is 3. The molecule has 4 aromatic rings. The van der Waals surface area contributed by atoms with Crippen molar-refractivity contribution < 1.29 is 31.9 Å². The molecular formula is C29H19F4N3O4S2. The third-order valence-corrected chi connectivity index (χ3v) is 9.70. The summed E-state index contributed by atoms with van der Waals surface area (Å²) < 4.78 is 55.3. The lowest BCUT2D eigenvalue weighted by Crippen LogP contribution is -2.33. The van der Waals surface area contributed by atoms with Gasteiger partial charge in [0.05, 0.1) is 27.9 Å². The Bertz CT molecular complexity index is 1770. The molecule has 0 spiro atoms. The van der Waals surface area contributed by atoms with E-state index in [0.29, 0.717) is 16.1 Å². The number of carbonyl (C=O) groups is 3. The number of hydrogen-bond acceptors (Lipinski definition) is 6. The molecule has 3 atom stereocenters. The summed E-state index contributed by atoms with van der Waals surface area (Å²) >= 11 is 1.75. The number of carbonyl (C=O) groups excluding carboxylic acids is 3. The number of imide groups is 1. The number of nitrogens with zero attached hydrogens (tertiary/aromatic N) is 2. The third-order valence-electron chi connectivity index (χ3n) is 7.10. The fourth-order valence-electron chi connectivity index (χ4n) is 5.29. The largest absolute Gasteiger partial charge is 0.418 e. The summed E-state index contributed by atoms with van der Waals surface area (Å²) in [5, 5.41) is 1.53. The second-order valence-electron chi connectivity index (χ2n) is 9.66. The maximum Gasteiger partial charge on any atom is 0.418 e. The molecule has 3 aromatic carbocycles. The molecule has 1 saturated heterocycles. The number of halogens is 4. The predicted octanol–water partition coefficient (Wildman–Crippen LogP) is 5.50. The molecule has 1 fully saturated rings. The number of nitrogens with one attached hydrogen (secondary N) is 1. The van der Waals surface area contributed by atoms with Gasteiger partial charge in [0.1, 0.15) is 17.6 Å². The van der Waals surface area contributed by atoms with Crippen LogP contribution < -0.4 is 15.1 Å². The first-order chi connectivity index (χ1) is 20.0. The van der Waals surface area contributed by atoms with Gasteiger partial charge in [0.25, 0.3) is 0 Å². The summed E-state index contributed by atoms with van der Waals surface area (Å²) in [6, 6.07) is 18.2. The van der Waals surface area contributed by atoms with Gasteiger partial charge in [-0.25, -0.2) is 9.29 Å². The lowest BCUT2D eigenvalue weighted by molar-refractivity contribution is -0.137. The first-order valence-electron chi connectivity index (χ1n) is 12.6. The molecule has 42 heavy (non-hydrogen) atoms. The zero-order chi connectivity index (χ0) is 29.8. The number of fused-ring (bicyclic) bond motifs is 2. The van der Waals surface area contributed by atoms with Crippen LogP contribution in [0.2, 0.25) is 0 Å². The van der Waals surface area contributed by atoms with Gasteiger partial charge in [-0.3, -0.25) is 23.7 Å². The van der Waals surface area contributed by atoms with Crippen LogP contribution in [0.5, 0.6) is 0 Å². The van der Waals surface area contributed by atoms with Gasteiger partial charge in [-0.05, 0) is 42.0 Å². The first kappa shape index (κ1) is 27.9. The van der Waals surface area contributed by atoms with E-state index in [9.17, 15) is 36.7 Å². The molecule has 0 saturated carbocycles. The van der Waals surface area contributed by atoms with E-state index in [1.54, 1.807) is 30.3 Å². The van der Waals surface area contributed by atoms with E-state index in [-0.39, 0.29) is 5.03 Å². The minimum atomic E-state index is -4.71. The van der Waals surface area contributed by atoms with Gasteiger partial charge in [0, 0.05) is 10.8 Å². The molecule has 6 rings (SSSR count). The number of amides is 3. The SMILES string of the molecule is O=C(Cn1c2c(sc1=O)C(c1ccc(F)cc1)C1C(=O)N(c3ccccc3)C(=O)C1S2)Nc1ccccc1C(F)(F)F. The van der Waals surface area contributed by atoms with Gasteiger partial charge in [0.2, 0.25) is 17.7 Å². The van der Waals surface area contributed by atoms with Crippen molar-refractivity contribution >= 4 is 52.2 Å². The Morgan fingerprint density at radius 1 is 0.881 bits per heavy atom. The first-order valence-corrected chi connectivity index (χ1v) is 14.3. The summed E-state index contributed by atoms with van der Waals surface area (Å²) in [6.45, 7) is -0.623. The average Bonchev–Trinajstić information content (AvgIpc) is 3.40. The minimum Gasteiger partial charge on any atom is -0.324 e. The number of hydrogen-bond donors (Lipinski definition) is 1. The highest BCUT2D eigenvalue weighted by molar-refractivity contribution is 8.00. The van der Waals surface area contributed by atoms with Crippen LogP contribution in [0.1, 0.15) is 21.9 Å². The van der Waals surface area contributed by atoms with Crippen LogP contribution in [0, 0.1) is 11.7 Å². The van der Waals surface area contributed by atoms with Crippen molar-refractivity contribution in [3.05, 3.63) is 110 Å². The molecule has 13 heteroatoms. The molecule has 1 aromatic heterocycles. The van der Waals surface area contributed by atoms with E-state index in [4.69, 9.17) is 0 Å². The van der Waals surface area contributed by atoms with E-state index >= 15 is 0 Å². The number of benzene rings is 3. The van der Waals surface area contributed by atoms with Crippen molar-refractivity contribution in [2.45, 2.75) is 28.9 Å². The molecule has 3 amide bonds. The number of aromatic nitrogens is 1. The lowest BCUT2D eigenvalue weighted by atomic mass is 9.83. The summed E-state index contributed by atoms with van der Waals surface area (Å²) in [5.74, 6) is -4.09. The fourth-order valence-corrected chi connectivity index (χ4v) is 8.06. The number of rotatable bonds is 5. The van der Waals surface area contributed by atoms with E-state index in [2.05, 4.69) is 5.32 Å². The van der Waals surface area contributed by atoms with E-state index in [1.165, 1.54) is 36.4 Å². The quantitative estimate of drug-likeness (QED) is 0.237. The molecule has 0 radical (unpaired) electrons. The molecule has 3 unspecified atom stereocenters. The maximum atomic E-state index is 13.8. The van der Waals surface area contributed by atoms with Gasteiger partial charge in [-0.15, -0.1) is 0 Å². The molecule has 2 aliphatic heterocycles. The summed E-state index contributed by atoms with van der Waals surface area (Å²) in [7, 11) is 0. The molecule has 0 bridgehead atoms. The zero-order valence-electron chi connectivity index (χ0n) is 21.3. The second kappa shape index (κ2) is 10.6. The topological polar surface area (TPSA) is 88.5 Å². The molecule has 2 aliphatic rings. The van der Waals surface area contributed by atoms with E-state index < -0.39 is 69.5 Å². The van der Waals surface area contributed by atoms with Gasteiger partial charge < -0.3 is 5.32 Å². The summed E-state index contributed by atoms with van der Waals surface area (Å²) in [4.78, 5) is 54.5. The molecule has 214 valence electrons. The predicted molar refractivity (Wildman–Crippen MR) is 149 cm³/mol. The van der Waals surface area contributed by atoms with Crippen molar-refractivity contribution in [3.8, 4) is 0 Å². The van der Waals surface area contributed by atoms with Gasteiger partial charge in [-0.2, -0.15) is 13.2 Å². The summed E-state index contributed by atoms with van der Waals surface area (Å²) in [6.07, 6.45) is -4.71. The number of thioether (sulfide) groups is 1. The maximum absolute atomic E-state index is 13.8. The average molecular weight is 614 g/mol. The van der Waals surface area contributed by atoms with Crippen molar-refractivity contribution in [1.82, 2.24) is 4.57 Å². The highest BCUT2D eigenvalue weighted by atomic mass is 32.2. The normalized spacial score (nSPS) is 19.9. The van der Waals surface area contributed by atoms with E-state index in [1.807, 2.05) is 0 Å². The van der Waals surface area contributed by atoms with Crippen molar-refractivity contribution in [1.29, 1.82) is 0 Å². The Hall–Kier alpha value is -4.23. The third kappa shape index (κ3) is 4.81. The Labute approximate surface area is 243 Å². The number of anilines is 2. The zero-order valence-corrected chi connectivity index (χ0v) is 22.9. The van der Waals surface area contributed by atoms with Crippen LogP contribution in [0.4, 0.5) is 28.9 Å². The second-order valence-corrected chi connectivity index (χ2v) is 11.8. The van der Waals surface area contributed by atoms with Crippen LogP contribution in [0.15, 0.2) is 88.7 Å². The van der Waals surface area contributed by atoms with Crippen LogP contribution in [0.3, 0.4) is 0 Å². The fraction of sp³-hybridized carbons (Fsp3) is 0.172. The Morgan fingerprint density at radius 3 is 2.24 bits per heavy atom. The highest BCUT2D eigenvalue weighted by Crippen LogP contribution is 2.53. The van der Waals surface area contributed by atoms with E-state index in [0.717, 1.165) is 44.7 Å². The number of thiazole rings is 1. The van der Waals surface area contributed by atoms with Crippen LogP contribution in [-0.4, -0.2) is 27.5 Å². The molecule has 1 N–H and O–H groups in total. The monoisotopic (exact) mass is 613 g/mol. The number of para-hydroxylation sites is 2. The molecular weight excluding hydrogens is 594 g/mol. The molecule has 0 aliphatic carbocycles. The molecule has 7 nitrogen and oxygen atoms in total. The minimum absolute atomic E-state index is 0.260. The smallest absolute Gasteiger partial charge is 0.324 e. The summed E-state index contributed by atoms with van der Waals surface area (Å²) in [5.41, 5.74) is -0.619. The Kier molecular flexibility index (Phi) is 7.01. The Morgan fingerprint density at radius 2 is 1.55 bits per heavy atom. The van der Waals surface area contributed by atoms with Gasteiger partial charge in [0.15, 0.2) is 0 Å². The van der Waals surface area contributed by atoms with Crippen molar-refractivity contribution in [2.75, 3.05) is 10.2 Å². The van der Waals surface area contributed by atoms with Crippen LogP contribution in [-0.2, 0) is 27.1 Å².